The molecule has 2 N–H and O–H groups in total. The first kappa shape index (κ1) is 14.6. The normalized spacial score (nSPS) is 10.6. The molecule has 0 spiro atoms. The number of benzene rings is 1. The fourth-order valence-electron chi connectivity index (χ4n) is 1.82. The molecular formula is C14H8BrN3O3S. The Hall–Kier alpha value is -2.32. The highest BCUT2D eigenvalue weighted by molar-refractivity contribution is 9.10. The van der Waals surface area contributed by atoms with Crippen molar-refractivity contribution in [2.75, 3.05) is 5.32 Å². The smallest absolute Gasteiger partial charge is 0.335 e. The van der Waals surface area contributed by atoms with E-state index in [1.165, 1.54) is 29.7 Å². The van der Waals surface area contributed by atoms with Gasteiger partial charge in [0, 0.05) is 11.8 Å². The van der Waals surface area contributed by atoms with Crippen molar-refractivity contribution in [3.05, 3.63) is 52.3 Å². The number of nitrogens with one attached hydrogen (secondary N) is 1. The van der Waals surface area contributed by atoms with Gasteiger partial charge in [0.15, 0.2) is 5.13 Å². The maximum Gasteiger partial charge on any atom is 0.335 e. The van der Waals surface area contributed by atoms with Crippen molar-refractivity contribution in [3.63, 3.8) is 0 Å². The number of carbonyl (C=O) groups excluding carboxylic acids is 1. The SMILES string of the molecule is O=C(O)c1ccc2nc(NC(=O)c3ccnc(Br)c3)sc2c1. The minimum atomic E-state index is -0.998. The molecule has 8 heteroatoms. The van der Waals surface area contributed by atoms with Crippen LogP contribution in [0.4, 0.5) is 5.13 Å². The number of halogens is 1. The number of anilines is 1. The summed E-state index contributed by atoms with van der Waals surface area (Å²) >= 11 is 4.43. The molecule has 3 aromatic rings. The first-order chi connectivity index (χ1) is 10.5. The van der Waals surface area contributed by atoms with Gasteiger partial charge in [-0.1, -0.05) is 11.3 Å². The van der Waals surface area contributed by atoms with Gasteiger partial charge in [-0.15, -0.1) is 0 Å². The summed E-state index contributed by atoms with van der Waals surface area (Å²) in [4.78, 5) is 31.3. The fourth-order valence-corrected chi connectivity index (χ4v) is 3.09. The van der Waals surface area contributed by atoms with Gasteiger partial charge in [-0.05, 0) is 46.3 Å². The first-order valence-electron chi connectivity index (χ1n) is 6.10. The first-order valence-corrected chi connectivity index (χ1v) is 7.70. The Labute approximate surface area is 137 Å². The average Bonchev–Trinajstić information content (AvgIpc) is 2.88. The lowest BCUT2D eigenvalue weighted by Gasteiger charge is -2.01. The molecular weight excluding hydrogens is 370 g/mol. The van der Waals surface area contributed by atoms with Crippen LogP contribution in [0.1, 0.15) is 20.7 Å². The average molecular weight is 378 g/mol. The third-order valence-corrected chi connectivity index (χ3v) is 4.21. The number of aromatic carboxylic acids is 1. The molecule has 22 heavy (non-hydrogen) atoms. The molecule has 0 aliphatic rings. The Morgan fingerprint density at radius 3 is 2.73 bits per heavy atom. The zero-order valence-electron chi connectivity index (χ0n) is 10.9. The molecule has 0 saturated carbocycles. The highest BCUT2D eigenvalue weighted by atomic mass is 79.9. The summed E-state index contributed by atoms with van der Waals surface area (Å²) in [6.07, 6.45) is 1.52. The zero-order valence-corrected chi connectivity index (χ0v) is 13.3. The molecule has 3 rings (SSSR count). The van der Waals surface area contributed by atoms with Gasteiger partial charge < -0.3 is 5.11 Å². The predicted molar refractivity (Wildman–Crippen MR) is 86.5 cm³/mol. The number of hydrogen-bond donors (Lipinski definition) is 2. The lowest BCUT2D eigenvalue weighted by atomic mass is 10.2. The second-order valence-electron chi connectivity index (χ2n) is 4.33. The molecule has 2 heterocycles. The summed E-state index contributed by atoms with van der Waals surface area (Å²) in [5, 5.41) is 12.1. The molecule has 1 aromatic carbocycles. The van der Waals surface area contributed by atoms with E-state index >= 15 is 0 Å². The maximum atomic E-state index is 12.1. The molecule has 0 bridgehead atoms. The number of nitrogens with zero attached hydrogens (tertiary/aromatic N) is 2. The minimum absolute atomic E-state index is 0.187. The maximum absolute atomic E-state index is 12.1. The van der Waals surface area contributed by atoms with Crippen LogP contribution in [0.5, 0.6) is 0 Å². The van der Waals surface area contributed by atoms with E-state index in [0.29, 0.717) is 25.5 Å². The van der Waals surface area contributed by atoms with Crippen molar-refractivity contribution in [3.8, 4) is 0 Å². The van der Waals surface area contributed by atoms with E-state index in [1.807, 2.05) is 0 Å². The summed E-state index contributed by atoms with van der Waals surface area (Å²) in [7, 11) is 0. The van der Waals surface area contributed by atoms with Crippen LogP contribution in [0.3, 0.4) is 0 Å². The quantitative estimate of drug-likeness (QED) is 0.682. The highest BCUT2D eigenvalue weighted by Gasteiger charge is 2.12. The highest BCUT2D eigenvalue weighted by Crippen LogP contribution is 2.27. The number of aromatic nitrogens is 2. The Kier molecular flexibility index (Phi) is 3.86. The number of fused-ring (bicyclic) bond motifs is 1. The number of hydrogen-bond acceptors (Lipinski definition) is 5. The second kappa shape index (κ2) is 5.82. The van der Waals surface area contributed by atoms with Gasteiger partial charge in [-0.2, -0.15) is 0 Å². The molecule has 0 radical (unpaired) electrons. The van der Waals surface area contributed by atoms with Crippen LogP contribution in [0.25, 0.3) is 10.2 Å². The summed E-state index contributed by atoms with van der Waals surface area (Å²) in [6.45, 7) is 0. The van der Waals surface area contributed by atoms with E-state index in [-0.39, 0.29) is 11.5 Å². The van der Waals surface area contributed by atoms with E-state index in [0.717, 1.165) is 0 Å². The Balaban J connectivity index is 1.87. The standard InChI is InChI=1S/C14H8BrN3O3S/c15-11-6-7(3-4-16-11)12(19)18-14-17-9-2-1-8(13(20)21)5-10(9)22-14/h1-6H,(H,20,21)(H,17,18,19). The van der Waals surface area contributed by atoms with Gasteiger partial charge in [0.1, 0.15) is 4.60 Å². The summed E-state index contributed by atoms with van der Waals surface area (Å²) in [6, 6.07) is 7.83. The fraction of sp³-hybridized carbons (Fsp3) is 0. The van der Waals surface area contributed by atoms with Crippen LogP contribution < -0.4 is 5.32 Å². The second-order valence-corrected chi connectivity index (χ2v) is 6.17. The van der Waals surface area contributed by atoms with Crippen molar-refractivity contribution in [1.82, 2.24) is 9.97 Å². The largest absolute Gasteiger partial charge is 0.478 e. The lowest BCUT2D eigenvalue weighted by molar-refractivity contribution is 0.0697. The Morgan fingerprint density at radius 1 is 1.18 bits per heavy atom. The van der Waals surface area contributed by atoms with Gasteiger partial charge in [0.25, 0.3) is 5.91 Å². The molecule has 0 atom stereocenters. The molecule has 1 amide bonds. The lowest BCUT2D eigenvalue weighted by Crippen LogP contribution is -2.11. The van der Waals surface area contributed by atoms with Crippen LogP contribution in [0.2, 0.25) is 0 Å². The van der Waals surface area contributed by atoms with Crippen molar-refractivity contribution in [1.29, 1.82) is 0 Å². The number of pyridine rings is 1. The predicted octanol–water partition coefficient (Wildman–Crippen LogP) is 3.40. The third kappa shape index (κ3) is 2.97. The van der Waals surface area contributed by atoms with Gasteiger partial charge in [0.2, 0.25) is 0 Å². The van der Waals surface area contributed by atoms with Crippen LogP contribution >= 0.6 is 27.3 Å². The van der Waals surface area contributed by atoms with Crippen molar-refractivity contribution in [2.24, 2.45) is 0 Å². The van der Waals surface area contributed by atoms with E-state index < -0.39 is 5.97 Å². The third-order valence-electron chi connectivity index (χ3n) is 2.84. The van der Waals surface area contributed by atoms with Crippen molar-refractivity contribution >= 4 is 54.5 Å². The molecule has 0 fully saturated rings. The number of rotatable bonds is 3. The van der Waals surface area contributed by atoms with Gasteiger partial charge in [-0.3, -0.25) is 10.1 Å². The van der Waals surface area contributed by atoms with Crippen LogP contribution in [0, 0.1) is 0 Å². The van der Waals surface area contributed by atoms with Crippen LogP contribution in [-0.2, 0) is 0 Å². The van der Waals surface area contributed by atoms with Crippen LogP contribution in [0.15, 0.2) is 41.1 Å². The number of carboxylic acid groups (broad SMARTS) is 1. The topological polar surface area (TPSA) is 92.2 Å². The van der Waals surface area contributed by atoms with Gasteiger partial charge in [-0.25, -0.2) is 14.8 Å². The van der Waals surface area contributed by atoms with E-state index in [2.05, 4.69) is 31.2 Å². The van der Waals surface area contributed by atoms with Gasteiger partial charge in [0.05, 0.1) is 15.8 Å². The number of thiazole rings is 1. The van der Waals surface area contributed by atoms with E-state index in [4.69, 9.17) is 5.11 Å². The van der Waals surface area contributed by atoms with Crippen molar-refractivity contribution in [2.45, 2.75) is 0 Å². The van der Waals surface area contributed by atoms with E-state index in [9.17, 15) is 9.59 Å². The number of amides is 1. The summed E-state index contributed by atoms with van der Waals surface area (Å²) < 4.78 is 1.27. The van der Waals surface area contributed by atoms with E-state index in [1.54, 1.807) is 18.2 Å². The van der Waals surface area contributed by atoms with Crippen molar-refractivity contribution < 1.29 is 14.7 Å². The Morgan fingerprint density at radius 2 is 2.00 bits per heavy atom. The molecule has 0 saturated heterocycles. The number of carboxylic acids is 1. The summed E-state index contributed by atoms with van der Waals surface area (Å²) in [5.74, 6) is -1.30. The molecule has 110 valence electrons. The monoisotopic (exact) mass is 377 g/mol. The zero-order chi connectivity index (χ0) is 15.7. The molecule has 0 aliphatic carbocycles. The molecule has 2 aromatic heterocycles. The van der Waals surface area contributed by atoms with Gasteiger partial charge >= 0.3 is 5.97 Å². The molecule has 0 unspecified atom stereocenters. The number of carbonyl (C=O) groups is 2. The minimum Gasteiger partial charge on any atom is -0.478 e. The van der Waals surface area contributed by atoms with Crippen LogP contribution in [-0.4, -0.2) is 27.0 Å². The summed E-state index contributed by atoms with van der Waals surface area (Å²) in [5.41, 5.74) is 1.28. The molecule has 6 nitrogen and oxygen atoms in total. The molecule has 0 aliphatic heterocycles. The Bertz CT molecular complexity index is 894.